The van der Waals surface area contributed by atoms with Crippen LogP contribution in [0.1, 0.15) is 18.5 Å². The van der Waals surface area contributed by atoms with E-state index in [0.717, 1.165) is 4.40 Å². The molecular weight excluding hydrogens is 393 g/mol. The van der Waals surface area contributed by atoms with Crippen LogP contribution in [0.2, 0.25) is 0 Å². The second-order valence-electron chi connectivity index (χ2n) is 6.14. The first-order valence-corrected chi connectivity index (χ1v) is 8.37. The Morgan fingerprint density at radius 2 is 1.93 bits per heavy atom. The van der Waals surface area contributed by atoms with Crippen LogP contribution in [0.15, 0.2) is 53.5 Å². The number of nitro groups is 1. The lowest BCUT2D eigenvalue weighted by Crippen LogP contribution is -2.22. The molecule has 0 aliphatic carbocycles. The number of hydrogen-bond donors (Lipinski definition) is 1. The van der Waals surface area contributed by atoms with Gasteiger partial charge in [0.25, 0.3) is 0 Å². The molecule has 29 heavy (non-hydrogen) atoms. The molecule has 152 valence electrons. The van der Waals surface area contributed by atoms with E-state index in [1.165, 1.54) is 36.5 Å². The average molecular weight is 408 g/mol. The fourth-order valence-corrected chi connectivity index (χ4v) is 2.65. The van der Waals surface area contributed by atoms with Gasteiger partial charge in [0.2, 0.25) is 5.82 Å². The number of benzene rings is 1. The van der Waals surface area contributed by atoms with Crippen molar-refractivity contribution in [3.05, 3.63) is 74.7 Å². The first kappa shape index (κ1) is 20.1. The molecule has 2 aromatic heterocycles. The molecule has 8 nitrogen and oxygen atoms in total. The molecule has 1 N–H and O–H groups in total. The quantitative estimate of drug-likeness (QED) is 0.493. The molecule has 11 heteroatoms. The van der Waals surface area contributed by atoms with E-state index >= 15 is 0 Å². The van der Waals surface area contributed by atoms with E-state index < -0.39 is 35.0 Å². The molecule has 0 spiro atoms. The van der Waals surface area contributed by atoms with Gasteiger partial charge in [-0.25, -0.2) is 4.98 Å². The summed E-state index contributed by atoms with van der Waals surface area (Å²) in [5.74, 6) is -0.164. The number of halogens is 3. The highest BCUT2D eigenvalue weighted by Crippen LogP contribution is 2.26. The summed E-state index contributed by atoms with van der Waals surface area (Å²) in [5.41, 5.74) is -0.695. The molecule has 0 radical (unpaired) electrons. The van der Waals surface area contributed by atoms with E-state index in [-0.39, 0.29) is 17.2 Å². The van der Waals surface area contributed by atoms with E-state index in [0.29, 0.717) is 5.56 Å². The lowest BCUT2D eigenvalue weighted by atomic mass is 10.1. The minimum Gasteiger partial charge on any atom is -0.484 e. The molecule has 0 saturated carbocycles. The predicted molar refractivity (Wildman–Crippen MR) is 98.1 cm³/mol. The van der Waals surface area contributed by atoms with Gasteiger partial charge in [0.15, 0.2) is 6.61 Å². The van der Waals surface area contributed by atoms with Gasteiger partial charge in [-0.1, -0.05) is 18.2 Å². The van der Waals surface area contributed by atoms with Crippen molar-refractivity contribution in [2.75, 3.05) is 11.9 Å². The smallest absolute Gasteiger partial charge is 0.422 e. The zero-order valence-electron chi connectivity index (χ0n) is 15.0. The number of ether oxygens (including phenoxy) is 1. The topological polar surface area (TPSA) is 98.8 Å². The molecular formula is C18H15F3N4O4. The number of nitrogens with one attached hydrogen (secondary N) is 1. The summed E-state index contributed by atoms with van der Waals surface area (Å²) < 4.78 is 42.4. The van der Waals surface area contributed by atoms with Crippen LogP contribution >= 0.6 is 0 Å². The van der Waals surface area contributed by atoms with Gasteiger partial charge >= 0.3 is 17.4 Å². The van der Waals surface area contributed by atoms with Crippen molar-refractivity contribution in [3.8, 4) is 5.75 Å². The largest absolute Gasteiger partial charge is 0.484 e. The fourth-order valence-electron chi connectivity index (χ4n) is 2.65. The van der Waals surface area contributed by atoms with Gasteiger partial charge in [-0.3, -0.25) is 19.3 Å². The summed E-state index contributed by atoms with van der Waals surface area (Å²) in [6, 6.07) is 9.95. The van der Waals surface area contributed by atoms with E-state index in [1.807, 2.05) is 0 Å². The third-order valence-corrected chi connectivity index (χ3v) is 4.03. The van der Waals surface area contributed by atoms with Crippen LogP contribution in [-0.4, -0.2) is 27.1 Å². The van der Waals surface area contributed by atoms with Crippen molar-refractivity contribution in [3.63, 3.8) is 0 Å². The highest BCUT2D eigenvalue weighted by molar-refractivity contribution is 5.60. The van der Waals surface area contributed by atoms with Crippen molar-refractivity contribution >= 4 is 17.2 Å². The third kappa shape index (κ3) is 4.62. The average Bonchev–Trinajstić information content (AvgIpc) is 2.66. The first-order chi connectivity index (χ1) is 13.7. The molecule has 1 unspecified atom stereocenters. The van der Waals surface area contributed by atoms with Gasteiger partial charge in [-0.05, 0) is 36.8 Å². The summed E-state index contributed by atoms with van der Waals surface area (Å²) in [6.45, 7) is 0.265. The van der Waals surface area contributed by atoms with Gasteiger partial charge in [0, 0.05) is 6.20 Å². The maximum Gasteiger partial charge on any atom is 0.422 e. The molecule has 3 aromatic rings. The van der Waals surface area contributed by atoms with Crippen LogP contribution in [-0.2, 0) is 0 Å². The molecule has 0 saturated heterocycles. The maximum absolute atomic E-state index is 12.4. The Labute approximate surface area is 161 Å². The predicted octanol–water partition coefficient (Wildman–Crippen LogP) is 3.72. The number of anilines is 1. The number of fused-ring (bicyclic) bond motifs is 1. The summed E-state index contributed by atoms with van der Waals surface area (Å²) in [5, 5.41) is 14.2. The number of hydrogen-bond acceptors (Lipinski definition) is 6. The van der Waals surface area contributed by atoms with Crippen LogP contribution in [0.4, 0.5) is 24.7 Å². The van der Waals surface area contributed by atoms with Gasteiger partial charge in [-0.15, -0.1) is 0 Å². The zero-order chi connectivity index (χ0) is 21.2. The Morgan fingerprint density at radius 3 is 2.55 bits per heavy atom. The molecule has 0 fully saturated rings. The number of aromatic nitrogens is 2. The van der Waals surface area contributed by atoms with Crippen LogP contribution in [0.3, 0.4) is 0 Å². The Hall–Kier alpha value is -3.63. The Kier molecular flexibility index (Phi) is 5.39. The van der Waals surface area contributed by atoms with Crippen LogP contribution in [0, 0.1) is 10.1 Å². The van der Waals surface area contributed by atoms with E-state index in [4.69, 9.17) is 0 Å². The molecule has 0 aliphatic rings. The summed E-state index contributed by atoms with van der Waals surface area (Å²) in [6.07, 6.45) is -3.06. The highest BCUT2D eigenvalue weighted by Gasteiger charge is 2.28. The zero-order valence-corrected chi connectivity index (χ0v) is 15.0. The molecule has 2 heterocycles. The van der Waals surface area contributed by atoms with Crippen LogP contribution < -0.4 is 15.6 Å². The molecule has 0 aliphatic heterocycles. The lowest BCUT2D eigenvalue weighted by Gasteiger charge is -2.16. The molecule has 1 atom stereocenters. The SMILES string of the molecule is CC(Nc1nc2ccccn2c(=O)c1[N+](=O)[O-])c1ccc(OCC(F)(F)F)cc1. The van der Waals surface area contributed by atoms with Crippen molar-refractivity contribution in [2.24, 2.45) is 0 Å². The molecule has 3 rings (SSSR count). The van der Waals surface area contributed by atoms with Gasteiger partial charge in [0.1, 0.15) is 11.4 Å². The molecule has 1 aromatic carbocycles. The first-order valence-electron chi connectivity index (χ1n) is 8.37. The van der Waals surface area contributed by atoms with Gasteiger partial charge in [-0.2, -0.15) is 13.2 Å². The maximum atomic E-state index is 12.4. The van der Waals surface area contributed by atoms with Crippen molar-refractivity contribution < 1.29 is 22.8 Å². The summed E-state index contributed by atoms with van der Waals surface area (Å²) in [7, 11) is 0. The highest BCUT2D eigenvalue weighted by atomic mass is 19.4. The number of nitrogens with zero attached hydrogens (tertiary/aromatic N) is 3. The summed E-state index contributed by atoms with van der Waals surface area (Å²) in [4.78, 5) is 27.2. The fraction of sp³-hybridized carbons (Fsp3) is 0.222. The van der Waals surface area contributed by atoms with Crippen molar-refractivity contribution in [1.29, 1.82) is 0 Å². The normalized spacial score (nSPS) is 12.6. The Bertz CT molecular complexity index is 1100. The van der Waals surface area contributed by atoms with E-state index in [2.05, 4.69) is 15.0 Å². The van der Waals surface area contributed by atoms with Crippen molar-refractivity contribution in [2.45, 2.75) is 19.1 Å². The lowest BCUT2D eigenvalue weighted by molar-refractivity contribution is -0.385. The minimum atomic E-state index is -4.44. The van der Waals surface area contributed by atoms with Crippen LogP contribution in [0.25, 0.3) is 5.65 Å². The Morgan fingerprint density at radius 1 is 1.24 bits per heavy atom. The van der Waals surface area contributed by atoms with E-state index in [9.17, 15) is 28.1 Å². The third-order valence-electron chi connectivity index (χ3n) is 4.03. The standard InChI is InChI=1S/C18H15F3N4O4/c1-11(12-5-7-13(8-6-12)29-10-18(19,20)21)22-16-15(25(27)28)17(26)24-9-3-2-4-14(24)23-16/h2-9,11,22H,10H2,1H3. The van der Waals surface area contributed by atoms with E-state index in [1.54, 1.807) is 19.1 Å². The molecule has 0 bridgehead atoms. The Balaban J connectivity index is 1.86. The second-order valence-corrected chi connectivity index (χ2v) is 6.14. The number of rotatable bonds is 6. The minimum absolute atomic E-state index is 0.0336. The van der Waals surface area contributed by atoms with Gasteiger partial charge < -0.3 is 10.1 Å². The van der Waals surface area contributed by atoms with Crippen LogP contribution in [0.5, 0.6) is 5.75 Å². The number of alkyl halides is 3. The van der Waals surface area contributed by atoms with Crippen molar-refractivity contribution in [1.82, 2.24) is 9.38 Å². The molecule has 0 amide bonds. The van der Waals surface area contributed by atoms with Gasteiger partial charge in [0.05, 0.1) is 11.0 Å². The second kappa shape index (κ2) is 7.78. The number of pyridine rings is 1. The summed E-state index contributed by atoms with van der Waals surface area (Å²) >= 11 is 0. The monoisotopic (exact) mass is 408 g/mol.